The van der Waals surface area contributed by atoms with Gasteiger partial charge in [0.15, 0.2) is 0 Å². The third kappa shape index (κ3) is 4.42. The molecule has 26 heavy (non-hydrogen) atoms. The molecule has 0 unspecified atom stereocenters. The van der Waals surface area contributed by atoms with E-state index in [9.17, 15) is 18.4 Å². The first kappa shape index (κ1) is 19.1. The molecule has 0 bridgehead atoms. The Morgan fingerprint density at radius 3 is 2.12 bits per heavy atom. The SMILES string of the molecule is CC(C)[C@H](NC(=O)c1c(F)cccc1F)C(=O)Nc1ccc(C#N)cc1. The third-order valence-electron chi connectivity index (χ3n) is 3.71. The normalized spacial score (nSPS) is 11.5. The van der Waals surface area contributed by atoms with Crippen LogP contribution in [0.25, 0.3) is 0 Å². The van der Waals surface area contributed by atoms with Crippen molar-refractivity contribution < 1.29 is 18.4 Å². The van der Waals surface area contributed by atoms with Crippen LogP contribution in [-0.4, -0.2) is 17.9 Å². The Hall–Kier alpha value is -3.27. The molecule has 5 nitrogen and oxygen atoms in total. The molecule has 0 aliphatic rings. The van der Waals surface area contributed by atoms with Crippen LogP contribution in [0.5, 0.6) is 0 Å². The van der Waals surface area contributed by atoms with Crippen molar-refractivity contribution in [3.05, 3.63) is 65.2 Å². The highest BCUT2D eigenvalue weighted by Crippen LogP contribution is 2.15. The fourth-order valence-corrected chi connectivity index (χ4v) is 2.31. The van der Waals surface area contributed by atoms with Crippen LogP contribution in [0, 0.1) is 28.9 Å². The number of benzene rings is 2. The van der Waals surface area contributed by atoms with Gasteiger partial charge in [-0.2, -0.15) is 5.26 Å². The summed E-state index contributed by atoms with van der Waals surface area (Å²) in [6.07, 6.45) is 0. The lowest BCUT2D eigenvalue weighted by atomic mass is 10.0. The van der Waals surface area contributed by atoms with E-state index in [0.717, 1.165) is 18.2 Å². The molecule has 134 valence electrons. The standard InChI is InChI=1S/C19H17F2N3O2/c1-11(2)17(19(26)23-13-8-6-12(10-22)7-9-13)24-18(25)16-14(20)4-3-5-15(16)21/h3-9,11,17H,1-2H3,(H,23,26)(H,24,25)/t17-/m0/s1. The Morgan fingerprint density at radius 2 is 1.62 bits per heavy atom. The highest BCUT2D eigenvalue weighted by molar-refractivity contribution is 6.01. The smallest absolute Gasteiger partial charge is 0.257 e. The molecule has 1 atom stereocenters. The second kappa shape index (κ2) is 8.21. The van der Waals surface area contributed by atoms with E-state index in [4.69, 9.17) is 5.26 Å². The molecule has 0 aliphatic heterocycles. The summed E-state index contributed by atoms with van der Waals surface area (Å²) < 4.78 is 27.5. The fraction of sp³-hybridized carbons (Fsp3) is 0.211. The Morgan fingerprint density at radius 1 is 1.04 bits per heavy atom. The first-order valence-corrected chi connectivity index (χ1v) is 7.89. The molecule has 7 heteroatoms. The average Bonchev–Trinajstić information content (AvgIpc) is 2.59. The lowest BCUT2D eigenvalue weighted by molar-refractivity contribution is -0.118. The van der Waals surface area contributed by atoms with E-state index >= 15 is 0 Å². The summed E-state index contributed by atoms with van der Waals surface area (Å²) in [7, 11) is 0. The number of hydrogen-bond acceptors (Lipinski definition) is 3. The molecule has 0 aromatic heterocycles. The average molecular weight is 357 g/mol. The van der Waals surface area contributed by atoms with E-state index in [0.29, 0.717) is 11.3 Å². The number of halogens is 2. The van der Waals surface area contributed by atoms with Gasteiger partial charge in [0, 0.05) is 5.69 Å². The Bertz CT molecular complexity index is 838. The number of carbonyl (C=O) groups is 2. The van der Waals surface area contributed by atoms with Crippen LogP contribution in [0.3, 0.4) is 0 Å². The molecule has 0 saturated carbocycles. The van der Waals surface area contributed by atoms with E-state index in [1.807, 2.05) is 6.07 Å². The molecule has 0 spiro atoms. The summed E-state index contributed by atoms with van der Waals surface area (Å²) in [6, 6.07) is 10.2. The van der Waals surface area contributed by atoms with Crippen molar-refractivity contribution in [2.75, 3.05) is 5.32 Å². The highest BCUT2D eigenvalue weighted by Gasteiger charge is 2.27. The molecule has 2 rings (SSSR count). The maximum atomic E-state index is 13.7. The van der Waals surface area contributed by atoms with Crippen LogP contribution in [0.2, 0.25) is 0 Å². The number of carbonyl (C=O) groups excluding carboxylic acids is 2. The van der Waals surface area contributed by atoms with Crippen LogP contribution < -0.4 is 10.6 Å². The first-order chi connectivity index (χ1) is 12.3. The molecular formula is C19H17F2N3O2. The predicted molar refractivity (Wildman–Crippen MR) is 92.2 cm³/mol. The molecule has 0 radical (unpaired) electrons. The zero-order valence-corrected chi connectivity index (χ0v) is 14.2. The van der Waals surface area contributed by atoms with Crippen molar-refractivity contribution in [2.45, 2.75) is 19.9 Å². The number of nitrogens with one attached hydrogen (secondary N) is 2. The molecule has 0 aliphatic carbocycles. The maximum absolute atomic E-state index is 13.7. The summed E-state index contributed by atoms with van der Waals surface area (Å²) in [5.74, 6) is -3.87. The van der Waals surface area contributed by atoms with Crippen molar-refractivity contribution in [3.63, 3.8) is 0 Å². The van der Waals surface area contributed by atoms with Crippen LogP contribution in [0.4, 0.5) is 14.5 Å². The Balaban J connectivity index is 2.16. The van der Waals surface area contributed by atoms with Crippen molar-refractivity contribution in [1.29, 1.82) is 5.26 Å². The Kier molecular flexibility index (Phi) is 6.02. The zero-order valence-electron chi connectivity index (χ0n) is 14.2. The van der Waals surface area contributed by atoms with Crippen molar-refractivity contribution in [3.8, 4) is 6.07 Å². The maximum Gasteiger partial charge on any atom is 0.257 e. The number of anilines is 1. The van der Waals surface area contributed by atoms with E-state index in [1.165, 1.54) is 12.1 Å². The van der Waals surface area contributed by atoms with Crippen LogP contribution in [0.1, 0.15) is 29.8 Å². The molecule has 2 aromatic carbocycles. The summed E-state index contributed by atoms with van der Waals surface area (Å²) in [4.78, 5) is 24.7. The topological polar surface area (TPSA) is 82.0 Å². The molecule has 2 amide bonds. The lowest BCUT2D eigenvalue weighted by Gasteiger charge is -2.22. The second-order valence-corrected chi connectivity index (χ2v) is 5.97. The van der Waals surface area contributed by atoms with Gasteiger partial charge in [0.05, 0.1) is 11.6 Å². The highest BCUT2D eigenvalue weighted by atomic mass is 19.1. The van der Waals surface area contributed by atoms with E-state index < -0.39 is 35.1 Å². The van der Waals surface area contributed by atoms with Gasteiger partial charge >= 0.3 is 0 Å². The number of nitriles is 1. The van der Waals surface area contributed by atoms with Crippen molar-refractivity contribution in [2.24, 2.45) is 5.92 Å². The number of amides is 2. The van der Waals surface area contributed by atoms with E-state index in [-0.39, 0.29) is 5.92 Å². The minimum Gasteiger partial charge on any atom is -0.340 e. The first-order valence-electron chi connectivity index (χ1n) is 7.89. The number of nitrogens with zero attached hydrogens (tertiary/aromatic N) is 1. The summed E-state index contributed by atoms with van der Waals surface area (Å²) in [5.41, 5.74) is 0.141. The van der Waals surface area contributed by atoms with Crippen LogP contribution in [0.15, 0.2) is 42.5 Å². The number of rotatable bonds is 5. The zero-order chi connectivity index (χ0) is 19.3. The van der Waals surface area contributed by atoms with Gasteiger partial charge < -0.3 is 10.6 Å². The largest absolute Gasteiger partial charge is 0.340 e. The van der Waals surface area contributed by atoms with Crippen LogP contribution in [-0.2, 0) is 4.79 Å². The number of hydrogen-bond donors (Lipinski definition) is 2. The monoisotopic (exact) mass is 357 g/mol. The third-order valence-corrected chi connectivity index (χ3v) is 3.71. The minimum absolute atomic E-state index is 0.327. The molecule has 2 N–H and O–H groups in total. The summed E-state index contributed by atoms with van der Waals surface area (Å²) in [6.45, 7) is 3.39. The van der Waals surface area contributed by atoms with Gasteiger partial charge in [-0.05, 0) is 42.3 Å². The second-order valence-electron chi connectivity index (χ2n) is 5.97. The van der Waals surface area contributed by atoms with Crippen LogP contribution >= 0.6 is 0 Å². The van der Waals surface area contributed by atoms with E-state index in [2.05, 4.69) is 10.6 Å². The van der Waals surface area contributed by atoms with Crippen molar-refractivity contribution >= 4 is 17.5 Å². The Labute approximate surface area is 149 Å². The quantitative estimate of drug-likeness (QED) is 0.862. The van der Waals surface area contributed by atoms with Gasteiger partial charge in [0.1, 0.15) is 23.2 Å². The van der Waals surface area contributed by atoms with E-state index in [1.54, 1.807) is 26.0 Å². The lowest BCUT2D eigenvalue weighted by Crippen LogP contribution is -2.47. The van der Waals surface area contributed by atoms with Gasteiger partial charge in [0.2, 0.25) is 5.91 Å². The van der Waals surface area contributed by atoms with Gasteiger partial charge in [-0.15, -0.1) is 0 Å². The molecule has 2 aromatic rings. The molecule has 0 saturated heterocycles. The minimum atomic E-state index is -1.01. The fourth-order valence-electron chi connectivity index (χ4n) is 2.31. The van der Waals surface area contributed by atoms with Crippen molar-refractivity contribution in [1.82, 2.24) is 5.32 Å². The van der Waals surface area contributed by atoms with Gasteiger partial charge in [-0.3, -0.25) is 9.59 Å². The van der Waals surface area contributed by atoms with Gasteiger partial charge in [0.25, 0.3) is 5.91 Å². The summed E-state index contributed by atoms with van der Waals surface area (Å²) in [5, 5.41) is 13.8. The van der Waals surface area contributed by atoms with Gasteiger partial charge in [-0.25, -0.2) is 8.78 Å². The molecule has 0 heterocycles. The summed E-state index contributed by atoms with van der Waals surface area (Å²) >= 11 is 0. The molecule has 0 fully saturated rings. The molecular weight excluding hydrogens is 340 g/mol. The predicted octanol–water partition coefficient (Wildman–Crippen LogP) is 3.23. The van der Waals surface area contributed by atoms with Gasteiger partial charge in [-0.1, -0.05) is 19.9 Å².